The number of carbonyl (C=O) groups is 1. The van der Waals surface area contributed by atoms with Gasteiger partial charge >= 0.3 is 0 Å². The van der Waals surface area contributed by atoms with Gasteiger partial charge in [-0.25, -0.2) is 8.42 Å². The first-order valence-electron chi connectivity index (χ1n) is 8.12. The van der Waals surface area contributed by atoms with Gasteiger partial charge in [0.1, 0.15) is 5.84 Å². The van der Waals surface area contributed by atoms with Crippen LogP contribution in [0.5, 0.6) is 0 Å². The molecule has 25 heavy (non-hydrogen) atoms. The molecule has 3 rings (SSSR count). The molecule has 1 saturated heterocycles. The number of nitrogens with zero attached hydrogens (tertiary/aromatic N) is 2. The summed E-state index contributed by atoms with van der Waals surface area (Å²) in [5.41, 5.74) is 0.595. The maximum atomic E-state index is 12.2. The summed E-state index contributed by atoms with van der Waals surface area (Å²) in [6.45, 7) is 2.22. The smallest absolute Gasteiger partial charge is 0.263 e. The topological polar surface area (TPSA) is 90.9 Å². The number of sulfonamides is 1. The van der Waals surface area contributed by atoms with Gasteiger partial charge in [0.25, 0.3) is 10.0 Å². The van der Waals surface area contributed by atoms with Crippen molar-refractivity contribution in [1.82, 2.24) is 14.9 Å². The Morgan fingerprint density at radius 3 is 2.84 bits per heavy atom. The van der Waals surface area contributed by atoms with Crippen LogP contribution >= 0.6 is 12.4 Å². The van der Waals surface area contributed by atoms with Crippen LogP contribution in [0.15, 0.2) is 34.2 Å². The van der Waals surface area contributed by atoms with Crippen molar-refractivity contribution in [2.75, 3.05) is 26.7 Å². The molecule has 1 atom stereocenters. The highest BCUT2D eigenvalue weighted by atomic mass is 35.5. The van der Waals surface area contributed by atoms with Crippen LogP contribution in [0.2, 0.25) is 0 Å². The molecular formula is C16H23ClN4O3S. The average molecular weight is 387 g/mol. The molecule has 1 aromatic rings. The van der Waals surface area contributed by atoms with E-state index in [1.807, 2.05) is 7.05 Å². The third-order valence-electron chi connectivity index (χ3n) is 4.46. The van der Waals surface area contributed by atoms with Gasteiger partial charge in [0.2, 0.25) is 5.91 Å². The highest BCUT2D eigenvalue weighted by molar-refractivity contribution is 7.90. The van der Waals surface area contributed by atoms with Gasteiger partial charge in [-0.15, -0.1) is 12.4 Å². The second kappa shape index (κ2) is 8.16. The summed E-state index contributed by atoms with van der Waals surface area (Å²) in [6.07, 6.45) is 2.00. The second-order valence-electron chi connectivity index (χ2n) is 6.09. The number of amides is 1. The molecule has 0 saturated carbocycles. The fourth-order valence-corrected chi connectivity index (χ4v) is 4.27. The number of amidine groups is 1. The number of likely N-dealkylation sites (N-methyl/N-ethyl adjacent to an activating group) is 1. The van der Waals surface area contributed by atoms with Crippen LogP contribution in [0.25, 0.3) is 0 Å². The molecule has 1 unspecified atom stereocenters. The van der Waals surface area contributed by atoms with E-state index < -0.39 is 10.0 Å². The number of carbonyl (C=O) groups excluding carboxylic acids is 1. The largest absolute Gasteiger partial charge is 0.341 e. The van der Waals surface area contributed by atoms with E-state index in [-0.39, 0.29) is 29.3 Å². The summed E-state index contributed by atoms with van der Waals surface area (Å²) >= 11 is 0. The molecule has 9 heteroatoms. The van der Waals surface area contributed by atoms with Gasteiger partial charge in [-0.05, 0) is 31.5 Å². The van der Waals surface area contributed by atoms with E-state index >= 15 is 0 Å². The van der Waals surface area contributed by atoms with Crippen molar-refractivity contribution >= 4 is 34.2 Å². The van der Waals surface area contributed by atoms with E-state index in [1.165, 1.54) is 0 Å². The van der Waals surface area contributed by atoms with E-state index in [0.29, 0.717) is 30.8 Å². The maximum absolute atomic E-state index is 12.2. The molecule has 2 heterocycles. The summed E-state index contributed by atoms with van der Waals surface area (Å²) in [5, 5.41) is 3.25. The van der Waals surface area contributed by atoms with E-state index in [9.17, 15) is 13.2 Å². The summed E-state index contributed by atoms with van der Waals surface area (Å²) in [4.78, 5) is 18.6. The molecule has 1 fully saturated rings. The van der Waals surface area contributed by atoms with Gasteiger partial charge in [-0.3, -0.25) is 14.5 Å². The predicted octanol–water partition coefficient (Wildman–Crippen LogP) is 0.747. The Morgan fingerprint density at radius 2 is 2.12 bits per heavy atom. The molecule has 2 aliphatic heterocycles. The Morgan fingerprint density at radius 1 is 1.36 bits per heavy atom. The fraction of sp³-hybridized carbons (Fsp3) is 0.500. The Labute approximate surface area is 154 Å². The lowest BCUT2D eigenvalue weighted by Gasteiger charge is -2.23. The maximum Gasteiger partial charge on any atom is 0.263 e. The van der Waals surface area contributed by atoms with Crippen LogP contribution in [-0.2, 0) is 14.8 Å². The summed E-state index contributed by atoms with van der Waals surface area (Å²) in [5.74, 6) is 0.475. The normalized spacial score (nSPS) is 22.1. The molecular weight excluding hydrogens is 364 g/mol. The number of fused-ring (bicyclic) bond motifs is 1. The first kappa shape index (κ1) is 19.7. The third-order valence-corrected chi connectivity index (χ3v) is 5.85. The standard InChI is InChI=1S/C16H22N4O3S.ClH/c1-20(12-8-10-17-11-12)15(21)7-4-9-18-16-13-5-2-3-6-14(13)24(22,23)19-16;/h2-3,5-6,12,17H,4,7-11H2,1H3,(H,18,19);1H. The van der Waals surface area contributed by atoms with E-state index in [1.54, 1.807) is 29.2 Å². The number of rotatable bonds is 5. The van der Waals surface area contributed by atoms with Crippen LogP contribution < -0.4 is 10.0 Å². The summed E-state index contributed by atoms with van der Waals surface area (Å²) in [7, 11) is -1.66. The first-order valence-corrected chi connectivity index (χ1v) is 9.60. The molecule has 0 bridgehead atoms. The molecule has 2 N–H and O–H groups in total. The molecule has 138 valence electrons. The SMILES string of the molecule is CN(C(=O)CCCN=C1NS(=O)(=O)c2ccccc21)C1CCNC1.Cl. The van der Waals surface area contributed by atoms with Gasteiger partial charge in [0.15, 0.2) is 0 Å². The zero-order chi connectivity index (χ0) is 17.2. The zero-order valence-corrected chi connectivity index (χ0v) is 15.7. The van der Waals surface area contributed by atoms with Gasteiger partial charge in [-0.1, -0.05) is 12.1 Å². The molecule has 1 aromatic carbocycles. The first-order chi connectivity index (χ1) is 11.5. The fourth-order valence-electron chi connectivity index (χ4n) is 3.02. The lowest BCUT2D eigenvalue weighted by molar-refractivity contribution is -0.131. The Hall–Kier alpha value is -1.64. The van der Waals surface area contributed by atoms with Crippen molar-refractivity contribution in [3.8, 4) is 0 Å². The highest BCUT2D eigenvalue weighted by Gasteiger charge is 2.30. The summed E-state index contributed by atoms with van der Waals surface area (Å²) in [6, 6.07) is 7.04. The van der Waals surface area contributed by atoms with Crippen molar-refractivity contribution in [1.29, 1.82) is 0 Å². The highest BCUT2D eigenvalue weighted by Crippen LogP contribution is 2.22. The summed E-state index contributed by atoms with van der Waals surface area (Å²) < 4.78 is 26.4. The average Bonchev–Trinajstić information content (AvgIpc) is 3.18. The molecule has 0 radical (unpaired) electrons. The van der Waals surface area contributed by atoms with Gasteiger partial charge < -0.3 is 10.2 Å². The monoisotopic (exact) mass is 386 g/mol. The second-order valence-corrected chi connectivity index (χ2v) is 7.74. The number of hydrogen-bond donors (Lipinski definition) is 2. The Bertz CT molecular complexity index is 760. The third kappa shape index (κ3) is 4.31. The molecule has 0 aliphatic carbocycles. The van der Waals surface area contributed by atoms with Gasteiger partial charge in [-0.2, -0.15) is 0 Å². The van der Waals surface area contributed by atoms with Crippen LogP contribution in [0.3, 0.4) is 0 Å². The van der Waals surface area contributed by atoms with E-state index in [4.69, 9.17) is 0 Å². The van der Waals surface area contributed by atoms with Crippen molar-refractivity contribution in [3.63, 3.8) is 0 Å². The van der Waals surface area contributed by atoms with Crippen LogP contribution in [0.4, 0.5) is 0 Å². The minimum Gasteiger partial charge on any atom is -0.341 e. The van der Waals surface area contributed by atoms with Crippen molar-refractivity contribution < 1.29 is 13.2 Å². The number of hydrogen-bond acceptors (Lipinski definition) is 5. The minimum atomic E-state index is -3.50. The van der Waals surface area contributed by atoms with Crippen LogP contribution in [-0.4, -0.2) is 57.8 Å². The molecule has 0 aromatic heterocycles. The van der Waals surface area contributed by atoms with Gasteiger partial charge in [0, 0.05) is 38.2 Å². The molecule has 0 spiro atoms. The quantitative estimate of drug-likeness (QED) is 0.730. The number of nitrogens with one attached hydrogen (secondary N) is 2. The number of halogens is 1. The van der Waals surface area contributed by atoms with Crippen LogP contribution in [0.1, 0.15) is 24.8 Å². The zero-order valence-electron chi connectivity index (χ0n) is 14.1. The molecule has 2 aliphatic rings. The number of aliphatic imine (C=N–C) groups is 1. The van der Waals surface area contributed by atoms with Crippen LogP contribution in [0, 0.1) is 0 Å². The Balaban J connectivity index is 0.00000225. The van der Waals surface area contributed by atoms with Crippen molar-refractivity contribution in [2.24, 2.45) is 4.99 Å². The Kier molecular flexibility index (Phi) is 6.42. The van der Waals surface area contributed by atoms with Gasteiger partial charge in [0.05, 0.1) is 4.90 Å². The minimum absolute atomic E-state index is 0. The molecule has 7 nitrogen and oxygen atoms in total. The predicted molar refractivity (Wildman–Crippen MR) is 98.7 cm³/mol. The lowest BCUT2D eigenvalue weighted by Crippen LogP contribution is -2.38. The number of benzene rings is 1. The van der Waals surface area contributed by atoms with E-state index in [2.05, 4.69) is 15.0 Å². The van der Waals surface area contributed by atoms with Crippen molar-refractivity contribution in [3.05, 3.63) is 29.8 Å². The van der Waals surface area contributed by atoms with E-state index in [0.717, 1.165) is 19.5 Å². The van der Waals surface area contributed by atoms with Crippen molar-refractivity contribution in [2.45, 2.75) is 30.2 Å². The lowest BCUT2D eigenvalue weighted by atomic mass is 10.2. The molecule has 1 amide bonds.